The normalized spacial score (nSPS) is 12.2. The fraction of sp³-hybridized carbons (Fsp3) is 0.667. The average Bonchev–Trinajstić information content (AvgIpc) is 2.54. The molecule has 0 radical (unpaired) electrons. The van der Waals surface area contributed by atoms with Crippen LogP contribution in [0.5, 0.6) is 11.5 Å². The Morgan fingerprint density at radius 1 is 1.00 bits per heavy atom. The van der Waals surface area contributed by atoms with Crippen molar-refractivity contribution in [1.29, 1.82) is 0 Å². The van der Waals surface area contributed by atoms with Gasteiger partial charge in [-0.25, -0.2) is 0 Å². The van der Waals surface area contributed by atoms with Gasteiger partial charge in [0.05, 0.1) is 14.2 Å². The minimum absolute atomic E-state index is 0.344. The summed E-state index contributed by atoms with van der Waals surface area (Å²) in [7, 11) is 5.42. The van der Waals surface area contributed by atoms with Gasteiger partial charge < -0.3 is 14.8 Å². The Kier molecular flexibility index (Phi) is 8.91. The smallest absolute Gasteiger partial charge is 0.127 e. The van der Waals surface area contributed by atoms with Crippen molar-refractivity contribution in [2.45, 2.75) is 57.9 Å². The van der Waals surface area contributed by atoms with Gasteiger partial charge in [0, 0.05) is 17.7 Å². The number of hydrogen-bond donors (Lipinski definition) is 1. The molecule has 0 fully saturated rings. The van der Waals surface area contributed by atoms with Gasteiger partial charge >= 0.3 is 0 Å². The molecular weight excluding hydrogens is 262 g/mol. The number of hydrogen-bond acceptors (Lipinski definition) is 3. The Morgan fingerprint density at radius 2 is 1.71 bits per heavy atom. The topological polar surface area (TPSA) is 30.5 Å². The first-order valence-corrected chi connectivity index (χ1v) is 8.16. The van der Waals surface area contributed by atoms with E-state index >= 15 is 0 Å². The summed E-state index contributed by atoms with van der Waals surface area (Å²) >= 11 is 0. The van der Waals surface area contributed by atoms with Crippen molar-refractivity contribution in [3.8, 4) is 11.5 Å². The maximum Gasteiger partial charge on any atom is 0.127 e. The highest BCUT2D eigenvalue weighted by Crippen LogP contribution is 2.31. The van der Waals surface area contributed by atoms with E-state index in [9.17, 15) is 0 Å². The van der Waals surface area contributed by atoms with Crippen molar-refractivity contribution in [2.75, 3.05) is 21.3 Å². The number of benzene rings is 1. The van der Waals surface area contributed by atoms with E-state index in [2.05, 4.69) is 18.3 Å². The average molecular weight is 293 g/mol. The van der Waals surface area contributed by atoms with Gasteiger partial charge in [0.1, 0.15) is 11.5 Å². The molecule has 0 bridgehead atoms. The molecule has 0 aliphatic rings. The van der Waals surface area contributed by atoms with Crippen LogP contribution in [-0.4, -0.2) is 21.3 Å². The van der Waals surface area contributed by atoms with Crippen LogP contribution in [-0.2, 0) is 0 Å². The second-order valence-electron chi connectivity index (χ2n) is 5.51. The molecule has 0 aliphatic heterocycles. The quantitative estimate of drug-likeness (QED) is 0.599. The zero-order valence-electron chi connectivity index (χ0n) is 14.1. The fourth-order valence-corrected chi connectivity index (χ4v) is 2.69. The Hall–Kier alpha value is -1.22. The summed E-state index contributed by atoms with van der Waals surface area (Å²) < 4.78 is 10.8. The zero-order chi connectivity index (χ0) is 15.5. The van der Waals surface area contributed by atoms with Crippen LogP contribution < -0.4 is 14.8 Å². The molecule has 1 atom stereocenters. The highest BCUT2D eigenvalue weighted by Gasteiger charge is 2.14. The summed E-state index contributed by atoms with van der Waals surface area (Å²) in [6.07, 6.45) is 9.10. The third kappa shape index (κ3) is 5.96. The lowest BCUT2D eigenvalue weighted by Crippen LogP contribution is -2.17. The van der Waals surface area contributed by atoms with E-state index in [0.717, 1.165) is 17.9 Å². The van der Waals surface area contributed by atoms with Crippen LogP contribution in [0.15, 0.2) is 18.2 Å². The van der Waals surface area contributed by atoms with Crippen molar-refractivity contribution >= 4 is 0 Å². The van der Waals surface area contributed by atoms with E-state index in [4.69, 9.17) is 9.47 Å². The summed E-state index contributed by atoms with van der Waals surface area (Å²) in [4.78, 5) is 0. The number of rotatable bonds is 11. The standard InChI is InChI=1S/C18H31NO2/c1-5-6-7-8-9-10-11-17(19-2)16-13-12-15(20-3)14-18(16)21-4/h12-14,17,19H,5-11H2,1-4H3. The molecule has 1 aromatic rings. The summed E-state index contributed by atoms with van der Waals surface area (Å²) in [6.45, 7) is 2.26. The van der Waals surface area contributed by atoms with E-state index in [0.29, 0.717) is 6.04 Å². The molecule has 0 aromatic heterocycles. The van der Waals surface area contributed by atoms with E-state index in [-0.39, 0.29) is 0 Å². The van der Waals surface area contributed by atoms with Crippen molar-refractivity contribution in [1.82, 2.24) is 5.32 Å². The first-order valence-electron chi connectivity index (χ1n) is 8.16. The Morgan fingerprint density at radius 3 is 2.33 bits per heavy atom. The molecule has 0 heterocycles. The number of ether oxygens (including phenoxy) is 2. The largest absolute Gasteiger partial charge is 0.497 e. The zero-order valence-corrected chi connectivity index (χ0v) is 14.1. The third-order valence-corrected chi connectivity index (χ3v) is 4.01. The van der Waals surface area contributed by atoms with Gasteiger partial charge in [-0.1, -0.05) is 51.5 Å². The van der Waals surface area contributed by atoms with Crippen LogP contribution in [0.25, 0.3) is 0 Å². The van der Waals surface area contributed by atoms with Crippen molar-refractivity contribution < 1.29 is 9.47 Å². The van der Waals surface area contributed by atoms with E-state index in [1.54, 1.807) is 14.2 Å². The van der Waals surface area contributed by atoms with Gasteiger partial charge in [0.15, 0.2) is 0 Å². The van der Waals surface area contributed by atoms with Crippen molar-refractivity contribution in [2.24, 2.45) is 0 Å². The Balaban J connectivity index is 2.55. The van der Waals surface area contributed by atoms with Crippen LogP contribution in [0.4, 0.5) is 0 Å². The lowest BCUT2D eigenvalue weighted by atomic mass is 9.98. The molecule has 0 aliphatic carbocycles. The SMILES string of the molecule is CCCCCCCCC(NC)c1ccc(OC)cc1OC. The van der Waals surface area contributed by atoms with Gasteiger partial charge in [0.25, 0.3) is 0 Å². The number of unbranched alkanes of at least 4 members (excludes halogenated alkanes) is 5. The minimum atomic E-state index is 0.344. The molecule has 1 N–H and O–H groups in total. The first kappa shape index (κ1) is 17.8. The van der Waals surface area contributed by atoms with E-state index in [1.165, 1.54) is 44.1 Å². The van der Waals surface area contributed by atoms with Crippen LogP contribution in [0.2, 0.25) is 0 Å². The summed E-state index contributed by atoms with van der Waals surface area (Å²) in [5.41, 5.74) is 1.22. The molecule has 0 saturated carbocycles. The highest BCUT2D eigenvalue weighted by atomic mass is 16.5. The van der Waals surface area contributed by atoms with Crippen LogP contribution in [0.3, 0.4) is 0 Å². The molecule has 21 heavy (non-hydrogen) atoms. The predicted octanol–water partition coefficient (Wildman–Crippen LogP) is 4.71. The van der Waals surface area contributed by atoms with E-state index in [1.807, 2.05) is 19.2 Å². The van der Waals surface area contributed by atoms with Crippen molar-refractivity contribution in [3.63, 3.8) is 0 Å². The molecule has 0 amide bonds. The number of nitrogens with one attached hydrogen (secondary N) is 1. The second kappa shape index (κ2) is 10.5. The fourth-order valence-electron chi connectivity index (χ4n) is 2.69. The second-order valence-corrected chi connectivity index (χ2v) is 5.51. The van der Waals surface area contributed by atoms with Crippen LogP contribution >= 0.6 is 0 Å². The summed E-state index contributed by atoms with van der Waals surface area (Å²) in [5, 5.41) is 3.41. The summed E-state index contributed by atoms with van der Waals surface area (Å²) in [5.74, 6) is 1.74. The molecule has 1 rings (SSSR count). The van der Waals surface area contributed by atoms with Gasteiger partial charge in [0.2, 0.25) is 0 Å². The van der Waals surface area contributed by atoms with E-state index < -0.39 is 0 Å². The lowest BCUT2D eigenvalue weighted by molar-refractivity contribution is 0.382. The third-order valence-electron chi connectivity index (χ3n) is 4.01. The molecule has 1 unspecified atom stereocenters. The van der Waals surface area contributed by atoms with Gasteiger partial charge in [-0.2, -0.15) is 0 Å². The van der Waals surface area contributed by atoms with Gasteiger partial charge in [-0.3, -0.25) is 0 Å². The maximum absolute atomic E-state index is 5.51. The molecular formula is C18H31NO2. The Bertz CT molecular complexity index is 393. The molecule has 0 saturated heterocycles. The minimum Gasteiger partial charge on any atom is -0.497 e. The van der Waals surface area contributed by atoms with Gasteiger partial charge in [-0.15, -0.1) is 0 Å². The maximum atomic E-state index is 5.51. The molecule has 1 aromatic carbocycles. The lowest BCUT2D eigenvalue weighted by Gasteiger charge is -2.20. The van der Waals surface area contributed by atoms with Crippen LogP contribution in [0.1, 0.15) is 63.5 Å². The first-order chi connectivity index (χ1) is 10.3. The summed E-state index contributed by atoms with van der Waals surface area (Å²) in [6, 6.07) is 6.41. The molecule has 3 heteroatoms. The highest BCUT2D eigenvalue weighted by molar-refractivity contribution is 5.42. The predicted molar refractivity (Wildman–Crippen MR) is 89.3 cm³/mol. The van der Waals surface area contributed by atoms with Gasteiger partial charge in [-0.05, 0) is 19.5 Å². The molecule has 3 nitrogen and oxygen atoms in total. The number of methoxy groups -OCH3 is 2. The van der Waals surface area contributed by atoms with Crippen LogP contribution in [0, 0.1) is 0 Å². The molecule has 120 valence electrons. The molecule has 0 spiro atoms. The Labute approximate surface area is 130 Å². The van der Waals surface area contributed by atoms with Crippen molar-refractivity contribution in [3.05, 3.63) is 23.8 Å². The monoisotopic (exact) mass is 293 g/mol.